The first-order valence-corrected chi connectivity index (χ1v) is 12.4. The van der Waals surface area contributed by atoms with Crippen molar-refractivity contribution in [3.8, 4) is 0 Å². The second-order valence-corrected chi connectivity index (χ2v) is 9.97. The van der Waals surface area contributed by atoms with Gasteiger partial charge in [-0.25, -0.2) is 0 Å². The lowest BCUT2D eigenvalue weighted by molar-refractivity contribution is -0.136. The summed E-state index contributed by atoms with van der Waals surface area (Å²) in [4.78, 5) is 49.7. The third kappa shape index (κ3) is 5.14. The molecule has 2 amide bonds. The monoisotopic (exact) mass is 466 g/mol. The lowest BCUT2D eigenvalue weighted by Crippen LogP contribution is -2.42. The van der Waals surface area contributed by atoms with Crippen LogP contribution in [0, 0.1) is 35.5 Å². The van der Waals surface area contributed by atoms with E-state index in [1.54, 1.807) is 6.08 Å². The molecule has 0 spiro atoms. The summed E-state index contributed by atoms with van der Waals surface area (Å²) in [5.74, 6) is -0.703. The Balaban J connectivity index is 1.50. The van der Waals surface area contributed by atoms with Gasteiger partial charge in [0.15, 0.2) is 17.5 Å². The third-order valence-electron chi connectivity index (χ3n) is 7.84. The molecule has 0 aromatic heterocycles. The molecule has 8 atom stereocenters. The Hall–Kier alpha value is -2.80. The van der Waals surface area contributed by atoms with E-state index in [2.05, 4.69) is 41.9 Å². The minimum absolute atomic E-state index is 0.0906. The van der Waals surface area contributed by atoms with Crippen LogP contribution in [0.2, 0.25) is 0 Å². The Bertz CT molecular complexity index is 949. The Morgan fingerprint density at radius 2 is 1.82 bits per heavy atom. The number of hydrogen-bond acceptors (Lipinski definition) is 5. The Labute approximate surface area is 200 Å². The number of hydrogen-bond donors (Lipinski definition) is 3. The summed E-state index contributed by atoms with van der Waals surface area (Å²) in [6.45, 7) is 2.41. The lowest BCUT2D eigenvalue weighted by atomic mass is 9.85. The van der Waals surface area contributed by atoms with E-state index in [1.165, 1.54) is 6.08 Å². The van der Waals surface area contributed by atoms with Crippen molar-refractivity contribution in [2.75, 3.05) is 6.54 Å². The standard InChI is InChI=1S/C27H34N2O5/c1-16-11-12-19-18-8-3-2-4-10-23(32)28-14-13-22(31)25-26(33)24(27(34)29-25)21(30)9-6-5-7-17(18)15-20(16)19/h2-5,7,10-12,16-20,22,24-25,31H,6,8-9,13-15H2,1H3,(H,28,32)(H,29,34)/b3-2-,7-5-,10-4-. The molecular weight excluding hydrogens is 432 g/mol. The predicted molar refractivity (Wildman–Crippen MR) is 127 cm³/mol. The summed E-state index contributed by atoms with van der Waals surface area (Å²) >= 11 is 0. The van der Waals surface area contributed by atoms with Crippen LogP contribution in [0.4, 0.5) is 0 Å². The van der Waals surface area contributed by atoms with Gasteiger partial charge >= 0.3 is 0 Å². The summed E-state index contributed by atoms with van der Waals surface area (Å²) in [6.07, 6.45) is 17.6. The van der Waals surface area contributed by atoms with Crippen molar-refractivity contribution in [1.29, 1.82) is 0 Å². The molecule has 7 nitrogen and oxygen atoms in total. The highest BCUT2D eigenvalue weighted by molar-refractivity contribution is 6.24. The van der Waals surface area contributed by atoms with Crippen molar-refractivity contribution >= 4 is 23.4 Å². The maximum atomic E-state index is 12.7. The van der Waals surface area contributed by atoms with Gasteiger partial charge < -0.3 is 15.7 Å². The topological polar surface area (TPSA) is 113 Å². The molecule has 2 heterocycles. The molecule has 8 unspecified atom stereocenters. The van der Waals surface area contributed by atoms with Gasteiger partial charge in [0.1, 0.15) is 6.04 Å². The van der Waals surface area contributed by atoms with Crippen molar-refractivity contribution in [1.82, 2.24) is 10.6 Å². The van der Waals surface area contributed by atoms with Gasteiger partial charge in [0, 0.05) is 19.0 Å². The second-order valence-electron chi connectivity index (χ2n) is 9.97. The summed E-state index contributed by atoms with van der Waals surface area (Å²) in [5, 5.41) is 15.5. The minimum atomic E-state index is -1.36. The number of amides is 2. The molecule has 1 saturated heterocycles. The highest BCUT2D eigenvalue weighted by Gasteiger charge is 2.47. The summed E-state index contributed by atoms with van der Waals surface area (Å²) in [7, 11) is 0. The number of carbonyl (C=O) groups excluding carboxylic acids is 4. The maximum absolute atomic E-state index is 12.7. The van der Waals surface area contributed by atoms with E-state index in [0.29, 0.717) is 36.0 Å². The fraction of sp³-hybridized carbons (Fsp3) is 0.556. The number of nitrogens with one attached hydrogen (secondary N) is 2. The van der Waals surface area contributed by atoms with Crippen molar-refractivity contribution < 1.29 is 24.3 Å². The number of Topliss-reactive ketones (excluding diaryl/α,β-unsaturated/α-hetero) is 2. The fourth-order valence-corrected chi connectivity index (χ4v) is 5.97. The molecule has 3 N–H and O–H groups in total. The Morgan fingerprint density at radius 1 is 1.00 bits per heavy atom. The number of allylic oxidation sites excluding steroid dienone is 7. The molecule has 182 valence electrons. The van der Waals surface area contributed by atoms with Crippen LogP contribution in [0.25, 0.3) is 0 Å². The first kappa shape index (κ1) is 24.3. The van der Waals surface area contributed by atoms with Gasteiger partial charge in [0.25, 0.3) is 0 Å². The molecule has 1 saturated carbocycles. The molecule has 7 heteroatoms. The van der Waals surface area contributed by atoms with Gasteiger partial charge in [-0.3, -0.25) is 19.2 Å². The maximum Gasteiger partial charge on any atom is 0.243 e. The van der Waals surface area contributed by atoms with E-state index in [1.807, 2.05) is 12.2 Å². The molecule has 0 aromatic rings. The highest BCUT2D eigenvalue weighted by Crippen LogP contribution is 2.51. The molecule has 2 bridgehead atoms. The summed E-state index contributed by atoms with van der Waals surface area (Å²) in [6, 6.07) is -1.12. The number of aliphatic hydroxyl groups excluding tert-OH is 1. The normalized spacial score (nSPS) is 41.8. The van der Waals surface area contributed by atoms with E-state index < -0.39 is 35.5 Å². The van der Waals surface area contributed by atoms with Gasteiger partial charge in [0.2, 0.25) is 11.8 Å². The van der Waals surface area contributed by atoms with Gasteiger partial charge in [-0.15, -0.1) is 0 Å². The minimum Gasteiger partial charge on any atom is -0.390 e. The van der Waals surface area contributed by atoms with E-state index in [0.717, 1.165) is 12.8 Å². The predicted octanol–water partition coefficient (Wildman–Crippen LogP) is 2.03. The van der Waals surface area contributed by atoms with Crippen LogP contribution < -0.4 is 10.6 Å². The fourth-order valence-electron chi connectivity index (χ4n) is 5.97. The number of ketones is 2. The van der Waals surface area contributed by atoms with Crippen LogP contribution in [0.5, 0.6) is 0 Å². The van der Waals surface area contributed by atoms with Gasteiger partial charge in [-0.2, -0.15) is 0 Å². The zero-order chi connectivity index (χ0) is 24.2. The van der Waals surface area contributed by atoms with E-state index in [4.69, 9.17) is 0 Å². The smallest absolute Gasteiger partial charge is 0.243 e. The number of carbonyl (C=O) groups is 4. The van der Waals surface area contributed by atoms with Gasteiger partial charge in [-0.1, -0.05) is 49.5 Å². The Kier molecular flexibility index (Phi) is 7.61. The van der Waals surface area contributed by atoms with E-state index in [9.17, 15) is 24.3 Å². The zero-order valence-corrected chi connectivity index (χ0v) is 19.6. The van der Waals surface area contributed by atoms with Gasteiger partial charge in [-0.05, 0) is 55.3 Å². The molecule has 4 rings (SSSR count). The van der Waals surface area contributed by atoms with Crippen LogP contribution in [0.3, 0.4) is 0 Å². The van der Waals surface area contributed by atoms with Crippen molar-refractivity contribution in [2.45, 2.75) is 51.2 Å². The quantitative estimate of drug-likeness (QED) is 0.374. The SMILES string of the molecule is CC1C=CC2C1CC1/C=C\CCC(=O)C3C(=O)NC(C3=O)C(O)CCNC(=O)/C=C\C=C/CC12. The number of aliphatic hydroxyl groups is 1. The first-order chi connectivity index (χ1) is 16.4. The van der Waals surface area contributed by atoms with E-state index >= 15 is 0 Å². The molecule has 2 aliphatic carbocycles. The van der Waals surface area contributed by atoms with Gasteiger partial charge in [0.05, 0.1) is 6.10 Å². The molecule has 4 aliphatic rings. The highest BCUT2D eigenvalue weighted by atomic mass is 16.3. The van der Waals surface area contributed by atoms with Crippen LogP contribution in [-0.2, 0) is 19.2 Å². The van der Waals surface area contributed by atoms with Crippen LogP contribution >= 0.6 is 0 Å². The van der Waals surface area contributed by atoms with E-state index in [-0.39, 0.29) is 25.3 Å². The number of rotatable bonds is 0. The molecule has 34 heavy (non-hydrogen) atoms. The second kappa shape index (κ2) is 10.6. The average Bonchev–Trinajstić information content (AvgIpc) is 3.43. The largest absolute Gasteiger partial charge is 0.390 e. The van der Waals surface area contributed by atoms with Crippen molar-refractivity contribution in [3.05, 3.63) is 48.6 Å². The van der Waals surface area contributed by atoms with Crippen LogP contribution in [-0.4, -0.2) is 47.2 Å². The first-order valence-electron chi connectivity index (χ1n) is 12.4. The molecular formula is C27H34N2O5. The average molecular weight is 467 g/mol. The molecule has 2 fully saturated rings. The molecule has 2 aliphatic heterocycles. The van der Waals surface area contributed by atoms with Crippen molar-refractivity contribution in [3.63, 3.8) is 0 Å². The van der Waals surface area contributed by atoms with Crippen molar-refractivity contribution in [2.24, 2.45) is 35.5 Å². The summed E-state index contributed by atoms with van der Waals surface area (Å²) in [5.41, 5.74) is 0. The third-order valence-corrected chi connectivity index (χ3v) is 7.84. The zero-order valence-electron chi connectivity index (χ0n) is 19.6. The molecule has 0 radical (unpaired) electrons. The van der Waals surface area contributed by atoms with Crippen LogP contribution in [0.15, 0.2) is 48.6 Å². The lowest BCUT2D eigenvalue weighted by Gasteiger charge is -2.20. The Morgan fingerprint density at radius 3 is 2.65 bits per heavy atom. The molecule has 0 aromatic carbocycles. The summed E-state index contributed by atoms with van der Waals surface area (Å²) < 4.78 is 0. The number of fused-ring (bicyclic) bond motifs is 5. The van der Waals surface area contributed by atoms with Crippen LogP contribution in [0.1, 0.15) is 39.0 Å².